The highest BCUT2D eigenvalue weighted by Crippen LogP contribution is 2.39. The van der Waals surface area contributed by atoms with Gasteiger partial charge in [0.05, 0.1) is 17.4 Å². The second-order valence-corrected chi connectivity index (χ2v) is 8.57. The minimum atomic E-state index is -0.354. The predicted molar refractivity (Wildman–Crippen MR) is 116 cm³/mol. The van der Waals surface area contributed by atoms with Gasteiger partial charge in [0.15, 0.2) is 0 Å². The van der Waals surface area contributed by atoms with Gasteiger partial charge in [-0.25, -0.2) is 0 Å². The highest BCUT2D eigenvalue weighted by atomic mass is 16.5. The summed E-state index contributed by atoms with van der Waals surface area (Å²) in [6, 6.07) is 9.54. The lowest BCUT2D eigenvalue weighted by Crippen LogP contribution is -2.41. The molecule has 1 aliphatic rings. The molecule has 0 unspecified atom stereocenters. The molecule has 1 aromatic carbocycles. The van der Waals surface area contributed by atoms with Crippen LogP contribution >= 0.6 is 0 Å². The molecule has 7 nitrogen and oxygen atoms in total. The summed E-state index contributed by atoms with van der Waals surface area (Å²) < 4.78 is 8.07. The van der Waals surface area contributed by atoms with Crippen LogP contribution in [0.4, 0.5) is 0 Å². The van der Waals surface area contributed by atoms with Gasteiger partial charge in [-0.2, -0.15) is 10.2 Å². The lowest BCUT2D eigenvalue weighted by atomic mass is 9.89. The highest BCUT2D eigenvalue weighted by Gasteiger charge is 2.34. The molecule has 4 rings (SSSR count). The molecule has 0 spiro atoms. The van der Waals surface area contributed by atoms with Gasteiger partial charge >= 0.3 is 0 Å². The molecule has 30 heavy (non-hydrogen) atoms. The van der Waals surface area contributed by atoms with Gasteiger partial charge in [0.2, 0.25) is 0 Å². The zero-order chi connectivity index (χ0) is 21.5. The number of carbonyl (C=O) groups is 1. The van der Waals surface area contributed by atoms with Gasteiger partial charge in [0.1, 0.15) is 17.0 Å². The monoisotopic (exact) mass is 407 g/mol. The van der Waals surface area contributed by atoms with E-state index >= 15 is 0 Å². The van der Waals surface area contributed by atoms with Crippen LogP contribution in [0.25, 0.3) is 11.3 Å². The molecule has 0 radical (unpaired) electrons. The van der Waals surface area contributed by atoms with E-state index < -0.39 is 0 Å². The van der Waals surface area contributed by atoms with Crippen molar-refractivity contribution in [3.63, 3.8) is 0 Å². The molecule has 158 valence electrons. The predicted octanol–water partition coefficient (Wildman–Crippen LogP) is 4.33. The van der Waals surface area contributed by atoms with Crippen LogP contribution < -0.4 is 10.1 Å². The van der Waals surface area contributed by atoms with Gasteiger partial charge < -0.3 is 10.1 Å². The normalized spacial score (nSPS) is 17.3. The molecule has 2 N–H and O–H groups in total. The maximum Gasteiger partial charge on any atom is 0.269 e. The Hall–Kier alpha value is -3.09. The van der Waals surface area contributed by atoms with E-state index in [2.05, 4.69) is 27.5 Å². The van der Waals surface area contributed by atoms with Crippen molar-refractivity contribution < 1.29 is 9.53 Å². The Morgan fingerprint density at radius 1 is 1.33 bits per heavy atom. The molecule has 1 amide bonds. The van der Waals surface area contributed by atoms with Crippen molar-refractivity contribution in [3.8, 4) is 17.0 Å². The summed E-state index contributed by atoms with van der Waals surface area (Å²) in [4.78, 5) is 13.0. The zero-order valence-corrected chi connectivity index (χ0v) is 18.2. The highest BCUT2D eigenvalue weighted by molar-refractivity contribution is 5.93. The summed E-state index contributed by atoms with van der Waals surface area (Å²) in [5.74, 6) is 0.640. The van der Waals surface area contributed by atoms with Gasteiger partial charge in [-0.15, -0.1) is 0 Å². The first kappa shape index (κ1) is 20.2. The standard InChI is InChI=1S/C23H29N5O2/c1-6-11-28-15(3)21(14(2)27-28)17-12-18(26-25-17)22(29)24-19-13-23(4,5)30-20-10-8-7-9-16(19)20/h7-10,12,19H,6,11,13H2,1-5H3,(H,24,29)(H,25,26)/t19-/m0/s1. The topological polar surface area (TPSA) is 84.8 Å². The van der Waals surface area contributed by atoms with E-state index in [1.165, 1.54) is 0 Å². The fourth-order valence-corrected chi connectivity index (χ4v) is 4.23. The second kappa shape index (κ2) is 7.63. The van der Waals surface area contributed by atoms with Crippen LogP contribution in [0.15, 0.2) is 30.3 Å². The lowest BCUT2D eigenvalue weighted by molar-refractivity contribution is 0.0618. The van der Waals surface area contributed by atoms with E-state index in [1.807, 2.05) is 56.6 Å². The molecule has 0 fully saturated rings. The molecule has 7 heteroatoms. The number of aromatic amines is 1. The van der Waals surface area contributed by atoms with Gasteiger partial charge in [-0.1, -0.05) is 25.1 Å². The average Bonchev–Trinajstić information content (AvgIpc) is 3.26. The van der Waals surface area contributed by atoms with E-state index in [4.69, 9.17) is 4.74 Å². The SMILES string of the molecule is CCCn1nc(C)c(-c2cc(C(=O)N[C@H]3CC(C)(C)Oc4ccccc43)[nH]n2)c1C. The summed E-state index contributed by atoms with van der Waals surface area (Å²) in [5.41, 5.74) is 4.79. The number of rotatable bonds is 5. The first-order valence-electron chi connectivity index (χ1n) is 10.5. The molecule has 0 aliphatic carbocycles. The van der Waals surface area contributed by atoms with Crippen molar-refractivity contribution in [2.24, 2.45) is 0 Å². The Balaban J connectivity index is 1.57. The van der Waals surface area contributed by atoms with Crippen molar-refractivity contribution >= 4 is 5.91 Å². The number of para-hydroxylation sites is 1. The quantitative estimate of drug-likeness (QED) is 0.659. The number of nitrogens with zero attached hydrogens (tertiary/aromatic N) is 3. The number of carbonyl (C=O) groups excluding carboxylic acids is 1. The fourth-order valence-electron chi connectivity index (χ4n) is 4.23. The van der Waals surface area contributed by atoms with Crippen LogP contribution in [-0.4, -0.2) is 31.5 Å². The van der Waals surface area contributed by atoms with Gasteiger partial charge in [0, 0.05) is 29.8 Å². The number of fused-ring (bicyclic) bond motifs is 1. The van der Waals surface area contributed by atoms with Crippen molar-refractivity contribution in [2.75, 3.05) is 0 Å². The summed E-state index contributed by atoms with van der Waals surface area (Å²) in [5, 5.41) is 15.1. The zero-order valence-electron chi connectivity index (χ0n) is 18.2. The molecule has 0 saturated heterocycles. The van der Waals surface area contributed by atoms with Gasteiger partial charge in [-0.3, -0.25) is 14.6 Å². The molecule has 3 aromatic rings. The summed E-state index contributed by atoms with van der Waals surface area (Å²) in [7, 11) is 0. The minimum Gasteiger partial charge on any atom is -0.487 e. The van der Waals surface area contributed by atoms with Gasteiger partial charge in [0.25, 0.3) is 5.91 Å². The van der Waals surface area contributed by atoms with E-state index in [0.717, 1.165) is 46.9 Å². The maximum absolute atomic E-state index is 13.0. The van der Waals surface area contributed by atoms with Crippen molar-refractivity contribution in [1.82, 2.24) is 25.3 Å². The van der Waals surface area contributed by atoms with E-state index in [-0.39, 0.29) is 17.6 Å². The van der Waals surface area contributed by atoms with E-state index in [1.54, 1.807) is 6.07 Å². The number of aryl methyl sites for hydroxylation is 2. The largest absolute Gasteiger partial charge is 0.487 e. The summed E-state index contributed by atoms with van der Waals surface area (Å²) in [6.07, 6.45) is 1.71. The number of aromatic nitrogens is 4. The average molecular weight is 408 g/mol. The number of hydrogen-bond donors (Lipinski definition) is 2. The van der Waals surface area contributed by atoms with Crippen molar-refractivity contribution in [1.29, 1.82) is 0 Å². The molecule has 2 aromatic heterocycles. The number of hydrogen-bond acceptors (Lipinski definition) is 4. The Kier molecular flexibility index (Phi) is 5.13. The first-order valence-corrected chi connectivity index (χ1v) is 10.5. The van der Waals surface area contributed by atoms with Crippen LogP contribution in [0.5, 0.6) is 5.75 Å². The molecular formula is C23H29N5O2. The second-order valence-electron chi connectivity index (χ2n) is 8.57. The van der Waals surface area contributed by atoms with Gasteiger partial charge in [-0.05, 0) is 46.2 Å². The van der Waals surface area contributed by atoms with Crippen molar-refractivity contribution in [3.05, 3.63) is 53.0 Å². The molecule has 3 heterocycles. The third kappa shape index (κ3) is 3.72. The smallest absolute Gasteiger partial charge is 0.269 e. The number of nitrogens with one attached hydrogen (secondary N) is 2. The first-order chi connectivity index (χ1) is 14.3. The summed E-state index contributed by atoms with van der Waals surface area (Å²) in [6.45, 7) is 11.1. The number of H-pyrrole nitrogens is 1. The van der Waals surface area contributed by atoms with Crippen LogP contribution in [0.1, 0.15) is 67.1 Å². The Bertz CT molecular complexity index is 1080. The molecule has 1 atom stereocenters. The maximum atomic E-state index is 13.0. The molecule has 0 saturated carbocycles. The third-order valence-electron chi connectivity index (χ3n) is 5.58. The van der Waals surface area contributed by atoms with E-state index in [0.29, 0.717) is 12.1 Å². The number of benzene rings is 1. The molecule has 0 bridgehead atoms. The van der Waals surface area contributed by atoms with Crippen LogP contribution in [-0.2, 0) is 6.54 Å². The Morgan fingerprint density at radius 2 is 2.10 bits per heavy atom. The fraction of sp³-hybridized carbons (Fsp3) is 0.435. The number of amides is 1. The van der Waals surface area contributed by atoms with Crippen LogP contribution in [0, 0.1) is 13.8 Å². The van der Waals surface area contributed by atoms with Crippen LogP contribution in [0.3, 0.4) is 0 Å². The Labute approximate surface area is 176 Å². The Morgan fingerprint density at radius 3 is 2.87 bits per heavy atom. The van der Waals surface area contributed by atoms with Crippen LogP contribution in [0.2, 0.25) is 0 Å². The minimum absolute atomic E-state index is 0.125. The number of ether oxygens (including phenoxy) is 1. The van der Waals surface area contributed by atoms with Crippen molar-refractivity contribution in [2.45, 2.75) is 65.6 Å². The molecule has 1 aliphatic heterocycles. The lowest BCUT2D eigenvalue weighted by Gasteiger charge is -2.37. The third-order valence-corrected chi connectivity index (χ3v) is 5.58. The van der Waals surface area contributed by atoms with E-state index in [9.17, 15) is 4.79 Å². The summed E-state index contributed by atoms with van der Waals surface area (Å²) >= 11 is 0. The molecular weight excluding hydrogens is 378 g/mol.